The zero-order valence-electron chi connectivity index (χ0n) is 12.2. The minimum Gasteiger partial charge on any atom is -0.274 e. The van der Waals surface area contributed by atoms with Crippen LogP contribution in [0.2, 0.25) is 0 Å². The Bertz CT molecular complexity index is 845. The first-order valence-corrected chi connectivity index (χ1v) is 9.73. The maximum absolute atomic E-state index is 12.7. The fourth-order valence-corrected chi connectivity index (χ4v) is 4.71. The summed E-state index contributed by atoms with van der Waals surface area (Å²) in [5.74, 6) is -1.95. The molecule has 0 N–H and O–H groups in total. The summed E-state index contributed by atoms with van der Waals surface area (Å²) in [5, 5.41) is 0. The standard InChI is InChI=1S/C15H12Cl3NO4S/c16-15(17,18)24(22,23)12-8-4-3-7-11(12)19-13(20)9-5-1-2-6-10(9)14(19)21/h1,3-5,7-10H,2,6H2. The number of allylic oxidation sites excluding steroid dienone is 1. The summed E-state index contributed by atoms with van der Waals surface area (Å²) in [6, 6.07) is 5.53. The first-order chi connectivity index (χ1) is 11.2. The molecule has 0 radical (unpaired) electrons. The maximum Gasteiger partial charge on any atom is 0.297 e. The van der Waals surface area contributed by atoms with Crippen LogP contribution in [0.4, 0.5) is 5.69 Å². The van der Waals surface area contributed by atoms with Crippen LogP contribution in [0.1, 0.15) is 12.8 Å². The molecule has 9 heteroatoms. The Morgan fingerprint density at radius 1 is 1.08 bits per heavy atom. The SMILES string of the molecule is O=C1C2C=CCCC2C(=O)N1c1ccccc1S(=O)(=O)C(Cl)(Cl)Cl. The summed E-state index contributed by atoms with van der Waals surface area (Å²) in [6.45, 7) is 0. The number of benzene rings is 1. The van der Waals surface area contributed by atoms with E-state index in [9.17, 15) is 18.0 Å². The molecule has 0 saturated carbocycles. The quantitative estimate of drug-likeness (QED) is 0.428. The van der Waals surface area contributed by atoms with E-state index in [0.717, 1.165) is 4.90 Å². The smallest absolute Gasteiger partial charge is 0.274 e. The highest BCUT2D eigenvalue weighted by Crippen LogP contribution is 2.44. The lowest BCUT2D eigenvalue weighted by atomic mass is 9.86. The molecule has 1 fully saturated rings. The third-order valence-electron chi connectivity index (χ3n) is 4.16. The van der Waals surface area contributed by atoms with Gasteiger partial charge in [-0.15, -0.1) is 0 Å². The molecular formula is C15H12Cl3NO4S. The predicted octanol–water partition coefficient (Wildman–Crippen LogP) is 3.24. The molecule has 2 aliphatic rings. The average molecular weight is 409 g/mol. The highest BCUT2D eigenvalue weighted by Gasteiger charge is 2.50. The zero-order valence-corrected chi connectivity index (χ0v) is 15.2. The van der Waals surface area contributed by atoms with Crippen LogP contribution in [0.15, 0.2) is 41.3 Å². The van der Waals surface area contributed by atoms with Gasteiger partial charge < -0.3 is 0 Å². The molecule has 2 unspecified atom stereocenters. The van der Waals surface area contributed by atoms with Crippen molar-refractivity contribution < 1.29 is 18.0 Å². The molecule has 2 atom stereocenters. The van der Waals surface area contributed by atoms with Crippen molar-refractivity contribution in [3.05, 3.63) is 36.4 Å². The third kappa shape index (κ3) is 2.65. The van der Waals surface area contributed by atoms with Crippen molar-refractivity contribution in [3.63, 3.8) is 0 Å². The van der Waals surface area contributed by atoms with Crippen LogP contribution < -0.4 is 4.90 Å². The molecule has 24 heavy (non-hydrogen) atoms. The summed E-state index contributed by atoms with van der Waals surface area (Å²) < 4.78 is 22.4. The van der Waals surface area contributed by atoms with Crippen LogP contribution >= 0.6 is 34.8 Å². The molecule has 0 spiro atoms. The Kier molecular flexibility index (Phi) is 4.45. The number of fused-ring (bicyclic) bond motifs is 1. The summed E-state index contributed by atoms with van der Waals surface area (Å²) >= 11 is 16.7. The van der Waals surface area contributed by atoms with Crippen LogP contribution in [-0.4, -0.2) is 23.4 Å². The van der Waals surface area contributed by atoms with Gasteiger partial charge in [0.25, 0.3) is 3.12 Å². The molecule has 0 aromatic heterocycles. The first kappa shape index (κ1) is 17.7. The van der Waals surface area contributed by atoms with E-state index in [2.05, 4.69) is 0 Å². The lowest BCUT2D eigenvalue weighted by molar-refractivity contribution is -0.122. The molecule has 3 rings (SSSR count). The van der Waals surface area contributed by atoms with E-state index in [4.69, 9.17) is 34.8 Å². The van der Waals surface area contributed by atoms with Gasteiger partial charge in [-0.2, -0.15) is 0 Å². The van der Waals surface area contributed by atoms with Crippen LogP contribution in [0.5, 0.6) is 0 Å². The largest absolute Gasteiger partial charge is 0.297 e. The Hall–Kier alpha value is -1.08. The highest BCUT2D eigenvalue weighted by atomic mass is 35.6. The number of carbonyl (C=O) groups is 2. The van der Waals surface area contributed by atoms with Gasteiger partial charge >= 0.3 is 0 Å². The molecule has 1 aromatic rings. The van der Waals surface area contributed by atoms with E-state index in [0.29, 0.717) is 12.8 Å². The van der Waals surface area contributed by atoms with Crippen LogP contribution in [0.3, 0.4) is 0 Å². The molecule has 1 heterocycles. The lowest BCUT2D eigenvalue weighted by Crippen LogP contribution is -2.33. The first-order valence-electron chi connectivity index (χ1n) is 7.11. The van der Waals surface area contributed by atoms with Gasteiger partial charge in [-0.1, -0.05) is 59.1 Å². The third-order valence-corrected chi connectivity index (χ3v) is 7.53. The summed E-state index contributed by atoms with van der Waals surface area (Å²) in [7, 11) is -4.39. The van der Waals surface area contributed by atoms with E-state index in [1.54, 1.807) is 6.08 Å². The Morgan fingerprint density at radius 3 is 2.38 bits per heavy atom. The van der Waals surface area contributed by atoms with Crippen molar-refractivity contribution >= 4 is 62.1 Å². The molecule has 5 nitrogen and oxygen atoms in total. The minimum atomic E-state index is -4.39. The number of carbonyl (C=O) groups excluding carboxylic acids is 2. The number of sulfone groups is 1. The van der Waals surface area contributed by atoms with Crippen molar-refractivity contribution in [2.24, 2.45) is 11.8 Å². The molecular weight excluding hydrogens is 397 g/mol. The molecule has 1 aliphatic carbocycles. The molecule has 128 valence electrons. The molecule has 1 aliphatic heterocycles. The van der Waals surface area contributed by atoms with Crippen molar-refractivity contribution in [2.45, 2.75) is 20.9 Å². The van der Waals surface area contributed by atoms with Crippen molar-refractivity contribution in [2.75, 3.05) is 4.90 Å². The van der Waals surface area contributed by atoms with Gasteiger partial charge in [-0.05, 0) is 25.0 Å². The van der Waals surface area contributed by atoms with Crippen LogP contribution in [0.25, 0.3) is 0 Å². The second-order valence-corrected chi connectivity index (χ2v) is 10.6. The number of amides is 2. The van der Waals surface area contributed by atoms with E-state index in [1.165, 1.54) is 24.3 Å². The number of alkyl halides is 3. The monoisotopic (exact) mass is 407 g/mol. The van der Waals surface area contributed by atoms with E-state index in [-0.39, 0.29) is 10.6 Å². The van der Waals surface area contributed by atoms with Gasteiger partial charge in [-0.25, -0.2) is 13.3 Å². The topological polar surface area (TPSA) is 71.5 Å². The van der Waals surface area contributed by atoms with Gasteiger partial charge in [0.2, 0.25) is 21.7 Å². The van der Waals surface area contributed by atoms with E-state index < -0.39 is 36.6 Å². The number of hydrogen-bond acceptors (Lipinski definition) is 4. The maximum atomic E-state index is 12.7. The lowest BCUT2D eigenvalue weighted by Gasteiger charge is -2.21. The summed E-state index contributed by atoms with van der Waals surface area (Å²) in [5.41, 5.74) is -0.0818. The Labute approximate surface area is 154 Å². The molecule has 1 aromatic carbocycles. The zero-order chi connectivity index (χ0) is 17.7. The van der Waals surface area contributed by atoms with Crippen LogP contribution in [-0.2, 0) is 19.4 Å². The minimum absolute atomic E-state index is 0.0818. The summed E-state index contributed by atoms with van der Waals surface area (Å²) in [4.78, 5) is 25.8. The number of nitrogens with zero attached hydrogens (tertiary/aromatic N) is 1. The van der Waals surface area contributed by atoms with Crippen molar-refractivity contribution in [1.29, 1.82) is 0 Å². The second kappa shape index (κ2) is 6.02. The van der Waals surface area contributed by atoms with Crippen molar-refractivity contribution in [3.8, 4) is 0 Å². The molecule has 0 bridgehead atoms. The number of para-hydroxylation sites is 1. The predicted molar refractivity (Wildman–Crippen MR) is 91.8 cm³/mol. The van der Waals surface area contributed by atoms with Gasteiger partial charge in [-0.3, -0.25) is 9.59 Å². The number of anilines is 1. The van der Waals surface area contributed by atoms with Gasteiger partial charge in [0.05, 0.1) is 22.4 Å². The number of rotatable bonds is 2. The average Bonchev–Trinajstić information content (AvgIpc) is 2.78. The van der Waals surface area contributed by atoms with Crippen LogP contribution in [0, 0.1) is 11.8 Å². The second-order valence-electron chi connectivity index (χ2n) is 5.57. The number of imide groups is 1. The number of halogens is 3. The highest BCUT2D eigenvalue weighted by molar-refractivity contribution is 7.97. The van der Waals surface area contributed by atoms with E-state index in [1.807, 2.05) is 6.08 Å². The van der Waals surface area contributed by atoms with E-state index >= 15 is 0 Å². The fraction of sp³-hybridized carbons (Fsp3) is 0.333. The molecule has 1 saturated heterocycles. The Morgan fingerprint density at radius 2 is 1.75 bits per heavy atom. The molecule has 2 amide bonds. The van der Waals surface area contributed by atoms with Gasteiger partial charge in [0.15, 0.2) is 0 Å². The normalized spacial score (nSPS) is 24.4. The number of hydrogen-bond donors (Lipinski definition) is 0. The Balaban J connectivity index is 2.14. The summed E-state index contributed by atoms with van der Waals surface area (Å²) in [6.07, 6.45) is 4.78. The fourth-order valence-electron chi connectivity index (χ4n) is 3.02. The van der Waals surface area contributed by atoms with Gasteiger partial charge in [0, 0.05) is 0 Å². The van der Waals surface area contributed by atoms with Gasteiger partial charge in [0.1, 0.15) is 0 Å². The van der Waals surface area contributed by atoms with Crippen molar-refractivity contribution in [1.82, 2.24) is 0 Å².